The maximum atomic E-state index is 6.54. The van der Waals surface area contributed by atoms with E-state index < -0.39 is 0 Å². The van der Waals surface area contributed by atoms with Gasteiger partial charge in [0.2, 0.25) is 0 Å². The number of nitrogens with zero attached hydrogens (tertiary/aromatic N) is 2. The van der Waals surface area contributed by atoms with Crippen LogP contribution in [0.4, 0.5) is 0 Å². The molecular weight excluding hydrogens is 462 g/mol. The Kier molecular flexibility index (Phi) is 10.3. The summed E-state index contributed by atoms with van der Waals surface area (Å²) in [6, 6.07) is 24.4. The Balaban J connectivity index is 1.99. The van der Waals surface area contributed by atoms with Crippen LogP contribution in [-0.2, 0) is 6.54 Å². The van der Waals surface area contributed by atoms with E-state index in [1.54, 1.807) is 12.2 Å². The van der Waals surface area contributed by atoms with Gasteiger partial charge in [0.1, 0.15) is 5.84 Å². The van der Waals surface area contributed by atoms with Gasteiger partial charge in [-0.2, -0.15) is 0 Å². The standard InChI is InChI=1S/C35H35N3/c1-6-9-14-27(5)31-16-10-15-28(23-31)25-37-35(30-21-19-26(4)20-22-30)38-34(36)33-18-11-17-32(24-33)29(12-7-2)13-8-3/h6-24H,1-2,5,25H2,3-4H3,(H2,36,37,38)/b13-8-,14-9-,29-12+. The highest BCUT2D eigenvalue weighted by molar-refractivity contribution is 6.11. The molecule has 0 spiro atoms. The van der Waals surface area contributed by atoms with E-state index in [-0.39, 0.29) is 0 Å². The van der Waals surface area contributed by atoms with E-state index in [1.165, 1.54) is 5.56 Å². The largest absolute Gasteiger partial charge is 0.383 e. The van der Waals surface area contributed by atoms with Crippen molar-refractivity contribution in [3.05, 3.63) is 168 Å². The van der Waals surface area contributed by atoms with E-state index in [1.807, 2.05) is 85.8 Å². The Hall–Kier alpha value is -4.76. The third-order valence-electron chi connectivity index (χ3n) is 5.81. The minimum absolute atomic E-state index is 0.404. The molecule has 2 N–H and O–H groups in total. The number of hydrogen-bond donors (Lipinski definition) is 1. The van der Waals surface area contributed by atoms with Crippen LogP contribution in [0.3, 0.4) is 0 Å². The molecule has 0 aliphatic heterocycles. The number of aryl methyl sites for hydroxylation is 1. The van der Waals surface area contributed by atoms with Gasteiger partial charge in [-0.15, -0.1) is 0 Å². The molecule has 3 heteroatoms. The highest BCUT2D eigenvalue weighted by Gasteiger charge is 2.08. The third-order valence-corrected chi connectivity index (χ3v) is 5.81. The number of nitrogens with two attached hydrogens (primary N) is 1. The molecule has 0 aliphatic rings. The Labute approximate surface area is 227 Å². The van der Waals surface area contributed by atoms with Crippen molar-refractivity contribution in [1.29, 1.82) is 0 Å². The van der Waals surface area contributed by atoms with Gasteiger partial charge in [-0.25, -0.2) is 4.99 Å². The molecular formula is C35H35N3. The molecule has 0 atom stereocenters. The predicted molar refractivity (Wildman–Crippen MR) is 166 cm³/mol. The molecule has 0 aromatic heterocycles. The lowest BCUT2D eigenvalue weighted by Crippen LogP contribution is -2.16. The summed E-state index contributed by atoms with van der Waals surface area (Å²) in [6.07, 6.45) is 13.4. The number of hydrogen-bond acceptors (Lipinski definition) is 1. The van der Waals surface area contributed by atoms with Crippen LogP contribution in [0.1, 0.15) is 40.3 Å². The second-order valence-corrected chi connectivity index (χ2v) is 8.76. The van der Waals surface area contributed by atoms with Crippen LogP contribution in [-0.4, -0.2) is 11.7 Å². The number of aliphatic imine (C=N–C) groups is 2. The lowest BCUT2D eigenvalue weighted by Gasteiger charge is -2.09. The van der Waals surface area contributed by atoms with Gasteiger partial charge in [0, 0.05) is 11.1 Å². The van der Waals surface area contributed by atoms with E-state index in [9.17, 15) is 0 Å². The molecule has 38 heavy (non-hydrogen) atoms. The number of amidine groups is 2. The molecule has 3 aromatic carbocycles. The Morgan fingerprint density at radius 1 is 0.842 bits per heavy atom. The number of rotatable bonds is 10. The van der Waals surface area contributed by atoms with Gasteiger partial charge in [0.05, 0.1) is 6.54 Å². The SMILES string of the molecule is C=C/C=C\C(=C)c1cccc(CN=C(N=C(N)c2cccc(C(/C=C\C)=C/C=C)c2)c2ccc(C)cc2)c1. The second kappa shape index (κ2) is 14.1. The summed E-state index contributed by atoms with van der Waals surface area (Å²) in [4.78, 5) is 9.69. The van der Waals surface area contributed by atoms with Gasteiger partial charge in [-0.3, -0.25) is 4.99 Å². The molecule has 3 nitrogen and oxygen atoms in total. The minimum Gasteiger partial charge on any atom is -0.383 e. The van der Waals surface area contributed by atoms with Crippen molar-refractivity contribution in [3.63, 3.8) is 0 Å². The molecule has 0 heterocycles. The Morgan fingerprint density at radius 3 is 2.26 bits per heavy atom. The summed E-state index contributed by atoms with van der Waals surface area (Å²) in [5.74, 6) is 0.986. The monoisotopic (exact) mass is 497 g/mol. The van der Waals surface area contributed by atoms with Crippen LogP contribution in [0.2, 0.25) is 0 Å². The first kappa shape index (κ1) is 27.8. The van der Waals surface area contributed by atoms with Crippen LogP contribution in [0.25, 0.3) is 11.1 Å². The van der Waals surface area contributed by atoms with Gasteiger partial charge in [-0.05, 0) is 53.8 Å². The van der Waals surface area contributed by atoms with Crippen molar-refractivity contribution in [2.45, 2.75) is 20.4 Å². The number of benzene rings is 3. The fourth-order valence-corrected chi connectivity index (χ4v) is 3.80. The zero-order chi connectivity index (χ0) is 27.3. The maximum Gasteiger partial charge on any atom is 0.157 e. The van der Waals surface area contributed by atoms with Gasteiger partial charge in [0.15, 0.2) is 5.84 Å². The average molecular weight is 498 g/mol. The van der Waals surface area contributed by atoms with E-state index in [4.69, 9.17) is 15.7 Å². The summed E-state index contributed by atoms with van der Waals surface area (Å²) in [7, 11) is 0. The van der Waals surface area contributed by atoms with Crippen LogP contribution >= 0.6 is 0 Å². The summed E-state index contributed by atoms with van der Waals surface area (Å²) in [5, 5.41) is 0. The van der Waals surface area contributed by atoms with Crippen molar-refractivity contribution >= 4 is 22.8 Å². The molecule has 0 unspecified atom stereocenters. The molecule has 3 aromatic rings. The zero-order valence-corrected chi connectivity index (χ0v) is 22.3. The normalized spacial score (nSPS) is 12.7. The first-order valence-corrected chi connectivity index (χ1v) is 12.5. The van der Waals surface area contributed by atoms with Crippen LogP contribution in [0.5, 0.6) is 0 Å². The Bertz CT molecular complexity index is 1440. The quantitative estimate of drug-likeness (QED) is 0.171. The maximum absolute atomic E-state index is 6.54. The second-order valence-electron chi connectivity index (χ2n) is 8.76. The highest BCUT2D eigenvalue weighted by atomic mass is 15.0. The molecule has 0 saturated carbocycles. The summed E-state index contributed by atoms with van der Waals surface area (Å²) in [5.41, 5.74) is 14.5. The molecule has 0 bridgehead atoms. The third kappa shape index (κ3) is 7.87. The van der Waals surface area contributed by atoms with Gasteiger partial charge in [-0.1, -0.05) is 128 Å². The molecule has 0 radical (unpaired) electrons. The number of allylic oxidation sites excluding steroid dienone is 9. The van der Waals surface area contributed by atoms with E-state index in [0.717, 1.165) is 39.0 Å². The van der Waals surface area contributed by atoms with Crippen LogP contribution < -0.4 is 5.73 Å². The zero-order valence-electron chi connectivity index (χ0n) is 22.3. The predicted octanol–water partition coefficient (Wildman–Crippen LogP) is 8.25. The first-order chi connectivity index (χ1) is 18.4. The van der Waals surface area contributed by atoms with E-state index in [2.05, 4.69) is 50.9 Å². The fraction of sp³-hybridized carbons (Fsp3) is 0.0857. The fourth-order valence-electron chi connectivity index (χ4n) is 3.80. The summed E-state index contributed by atoms with van der Waals surface area (Å²) < 4.78 is 0. The first-order valence-electron chi connectivity index (χ1n) is 12.5. The van der Waals surface area contributed by atoms with Gasteiger partial charge in [0.25, 0.3) is 0 Å². The topological polar surface area (TPSA) is 50.7 Å². The molecule has 0 aliphatic carbocycles. The van der Waals surface area contributed by atoms with E-state index >= 15 is 0 Å². The Morgan fingerprint density at radius 2 is 1.55 bits per heavy atom. The minimum atomic E-state index is 0.404. The van der Waals surface area contributed by atoms with Crippen molar-refractivity contribution in [2.24, 2.45) is 15.7 Å². The molecule has 3 rings (SSSR count). The van der Waals surface area contributed by atoms with Crippen LogP contribution in [0, 0.1) is 6.92 Å². The molecule has 190 valence electrons. The summed E-state index contributed by atoms with van der Waals surface area (Å²) in [6.45, 7) is 16.2. The summed E-state index contributed by atoms with van der Waals surface area (Å²) >= 11 is 0. The smallest absolute Gasteiger partial charge is 0.157 e. The van der Waals surface area contributed by atoms with Crippen LogP contribution in [0.15, 0.2) is 145 Å². The lowest BCUT2D eigenvalue weighted by atomic mass is 10.0. The molecule has 0 saturated heterocycles. The van der Waals surface area contributed by atoms with Gasteiger partial charge < -0.3 is 5.73 Å². The van der Waals surface area contributed by atoms with Gasteiger partial charge >= 0.3 is 0 Å². The van der Waals surface area contributed by atoms with Crippen molar-refractivity contribution in [1.82, 2.24) is 0 Å². The van der Waals surface area contributed by atoms with Crippen molar-refractivity contribution in [3.8, 4) is 0 Å². The average Bonchev–Trinajstić information content (AvgIpc) is 2.94. The van der Waals surface area contributed by atoms with E-state index in [0.29, 0.717) is 18.2 Å². The molecule has 0 fully saturated rings. The lowest BCUT2D eigenvalue weighted by molar-refractivity contribution is 1.06. The molecule has 0 amide bonds. The highest BCUT2D eigenvalue weighted by Crippen LogP contribution is 2.19. The van der Waals surface area contributed by atoms with Crippen molar-refractivity contribution in [2.75, 3.05) is 0 Å². The van der Waals surface area contributed by atoms with Crippen molar-refractivity contribution < 1.29 is 0 Å².